The predicted molar refractivity (Wildman–Crippen MR) is 64.2 cm³/mol. The summed E-state index contributed by atoms with van der Waals surface area (Å²) in [5.41, 5.74) is 0. The molecule has 1 N–H and O–H groups in total. The van der Waals surface area contributed by atoms with Gasteiger partial charge in [0.15, 0.2) is 5.75 Å². The lowest BCUT2D eigenvalue weighted by Gasteiger charge is -2.25. The second-order valence-electron chi connectivity index (χ2n) is 4.05. The van der Waals surface area contributed by atoms with Gasteiger partial charge in [0.05, 0.1) is 12.4 Å². The molecule has 86 valence electrons. The molecule has 3 rings (SSSR count). The third-order valence-corrected chi connectivity index (χ3v) is 2.77. The van der Waals surface area contributed by atoms with Gasteiger partial charge in [0, 0.05) is 19.0 Å². The lowest BCUT2D eigenvalue weighted by Crippen LogP contribution is -2.40. The summed E-state index contributed by atoms with van der Waals surface area (Å²) in [6.07, 6.45) is 3.46. The van der Waals surface area contributed by atoms with Crippen molar-refractivity contribution in [2.75, 3.05) is 13.1 Å². The number of rotatable bonds is 3. The molecule has 2 aromatic rings. The molecule has 4 heteroatoms. The molecule has 0 unspecified atom stereocenters. The van der Waals surface area contributed by atoms with Crippen LogP contribution in [0.15, 0.2) is 42.7 Å². The molecule has 4 nitrogen and oxygen atoms in total. The van der Waals surface area contributed by atoms with Gasteiger partial charge in [-0.3, -0.25) is 0 Å². The molecule has 0 bridgehead atoms. The van der Waals surface area contributed by atoms with Crippen molar-refractivity contribution in [2.45, 2.75) is 5.92 Å². The number of ether oxygens (including phenoxy) is 1. The molecule has 1 aliphatic rings. The highest BCUT2D eigenvalue weighted by molar-refractivity contribution is 5.27. The predicted octanol–water partition coefficient (Wildman–Crippen LogP) is 1.96. The van der Waals surface area contributed by atoms with Gasteiger partial charge < -0.3 is 10.1 Å². The van der Waals surface area contributed by atoms with Crippen LogP contribution in [-0.2, 0) is 0 Å². The maximum Gasteiger partial charge on any atom is 0.164 e. The zero-order valence-electron chi connectivity index (χ0n) is 9.34. The Morgan fingerprint density at radius 3 is 2.29 bits per heavy atom. The Hall–Kier alpha value is -1.94. The van der Waals surface area contributed by atoms with Crippen LogP contribution in [0, 0.1) is 0 Å². The Balaban J connectivity index is 1.72. The van der Waals surface area contributed by atoms with Crippen LogP contribution in [0.3, 0.4) is 0 Å². The molecule has 1 aliphatic heterocycles. The van der Waals surface area contributed by atoms with Gasteiger partial charge >= 0.3 is 0 Å². The van der Waals surface area contributed by atoms with E-state index in [1.165, 1.54) is 0 Å². The summed E-state index contributed by atoms with van der Waals surface area (Å²) in [5.74, 6) is 2.83. The molecule has 0 aliphatic carbocycles. The zero-order chi connectivity index (χ0) is 11.5. The lowest BCUT2D eigenvalue weighted by molar-refractivity contribution is 0.424. The minimum Gasteiger partial charge on any atom is -0.454 e. The smallest absolute Gasteiger partial charge is 0.164 e. The summed E-state index contributed by atoms with van der Waals surface area (Å²) in [4.78, 5) is 8.64. The third-order valence-electron chi connectivity index (χ3n) is 2.77. The van der Waals surface area contributed by atoms with E-state index in [1.54, 1.807) is 12.4 Å². The van der Waals surface area contributed by atoms with Crippen LogP contribution in [-0.4, -0.2) is 23.1 Å². The van der Waals surface area contributed by atoms with E-state index in [4.69, 9.17) is 4.74 Å². The van der Waals surface area contributed by atoms with Crippen LogP contribution in [0.2, 0.25) is 0 Å². The van der Waals surface area contributed by atoms with E-state index in [2.05, 4.69) is 15.3 Å². The molecule has 1 fully saturated rings. The monoisotopic (exact) mass is 227 g/mol. The molecule has 0 spiro atoms. The largest absolute Gasteiger partial charge is 0.454 e. The van der Waals surface area contributed by atoms with Gasteiger partial charge in [-0.25, -0.2) is 9.97 Å². The van der Waals surface area contributed by atoms with Gasteiger partial charge in [-0.05, 0) is 12.1 Å². The highest BCUT2D eigenvalue weighted by atomic mass is 16.5. The number of benzene rings is 1. The second-order valence-corrected chi connectivity index (χ2v) is 4.05. The quantitative estimate of drug-likeness (QED) is 0.870. The van der Waals surface area contributed by atoms with Crippen molar-refractivity contribution in [1.29, 1.82) is 0 Å². The van der Waals surface area contributed by atoms with E-state index in [9.17, 15) is 0 Å². The molecular weight excluding hydrogens is 214 g/mol. The summed E-state index contributed by atoms with van der Waals surface area (Å²) in [6.45, 7) is 1.94. The first-order valence-corrected chi connectivity index (χ1v) is 5.67. The number of hydrogen-bond acceptors (Lipinski definition) is 4. The topological polar surface area (TPSA) is 47.0 Å². The molecule has 0 radical (unpaired) electrons. The number of nitrogens with zero attached hydrogens (tertiary/aromatic N) is 2. The van der Waals surface area contributed by atoms with Gasteiger partial charge in [-0.15, -0.1) is 0 Å². The van der Waals surface area contributed by atoms with Gasteiger partial charge in [-0.2, -0.15) is 0 Å². The molecule has 0 saturated carbocycles. The van der Waals surface area contributed by atoms with Crippen molar-refractivity contribution in [3.63, 3.8) is 0 Å². The molecular formula is C13H13N3O. The SMILES string of the molecule is c1ccc(Oc2cnc(C3CNC3)nc2)cc1. The maximum absolute atomic E-state index is 5.62. The van der Waals surface area contributed by atoms with Gasteiger partial charge in [0.2, 0.25) is 0 Å². The Morgan fingerprint density at radius 2 is 1.71 bits per heavy atom. The van der Waals surface area contributed by atoms with Crippen molar-refractivity contribution < 1.29 is 4.74 Å². The van der Waals surface area contributed by atoms with E-state index >= 15 is 0 Å². The van der Waals surface area contributed by atoms with E-state index in [1.807, 2.05) is 30.3 Å². The molecule has 17 heavy (non-hydrogen) atoms. The van der Waals surface area contributed by atoms with Crippen molar-refractivity contribution in [2.24, 2.45) is 0 Å². The van der Waals surface area contributed by atoms with Gasteiger partial charge in [0.1, 0.15) is 11.6 Å². The molecule has 2 heterocycles. The highest BCUT2D eigenvalue weighted by Crippen LogP contribution is 2.21. The Bertz CT molecular complexity index is 480. The fraction of sp³-hybridized carbons (Fsp3) is 0.231. The highest BCUT2D eigenvalue weighted by Gasteiger charge is 2.21. The summed E-state index contributed by atoms with van der Waals surface area (Å²) in [5, 5.41) is 3.20. The van der Waals surface area contributed by atoms with E-state index in [0.29, 0.717) is 11.7 Å². The molecule has 0 amide bonds. The van der Waals surface area contributed by atoms with Crippen molar-refractivity contribution in [3.8, 4) is 11.5 Å². The molecule has 1 aromatic heterocycles. The van der Waals surface area contributed by atoms with Crippen LogP contribution in [0.1, 0.15) is 11.7 Å². The fourth-order valence-corrected chi connectivity index (χ4v) is 1.69. The number of hydrogen-bond donors (Lipinski definition) is 1. The second kappa shape index (κ2) is 4.51. The lowest BCUT2D eigenvalue weighted by atomic mass is 10.0. The number of nitrogens with one attached hydrogen (secondary N) is 1. The summed E-state index contributed by atoms with van der Waals surface area (Å²) >= 11 is 0. The van der Waals surface area contributed by atoms with Crippen LogP contribution in [0.5, 0.6) is 11.5 Å². The first-order valence-electron chi connectivity index (χ1n) is 5.67. The van der Waals surface area contributed by atoms with E-state index in [0.717, 1.165) is 24.7 Å². The third kappa shape index (κ3) is 2.26. The van der Waals surface area contributed by atoms with Gasteiger partial charge in [-0.1, -0.05) is 18.2 Å². The summed E-state index contributed by atoms with van der Waals surface area (Å²) in [7, 11) is 0. The summed E-state index contributed by atoms with van der Waals surface area (Å²) < 4.78 is 5.62. The van der Waals surface area contributed by atoms with Crippen molar-refractivity contribution >= 4 is 0 Å². The molecule has 0 atom stereocenters. The first-order chi connectivity index (χ1) is 8.42. The number of para-hydroxylation sites is 1. The van der Waals surface area contributed by atoms with Crippen molar-refractivity contribution in [3.05, 3.63) is 48.5 Å². The van der Waals surface area contributed by atoms with Crippen molar-refractivity contribution in [1.82, 2.24) is 15.3 Å². The minimum atomic E-state index is 0.459. The van der Waals surface area contributed by atoms with Crippen LogP contribution in [0.25, 0.3) is 0 Å². The Morgan fingerprint density at radius 1 is 1.00 bits per heavy atom. The van der Waals surface area contributed by atoms with E-state index < -0.39 is 0 Å². The minimum absolute atomic E-state index is 0.459. The standard InChI is InChI=1S/C13H13N3O/c1-2-4-11(5-3-1)17-12-8-15-13(16-9-12)10-6-14-7-10/h1-5,8-10,14H,6-7H2. The average Bonchev–Trinajstić information content (AvgIpc) is 2.31. The Kier molecular flexibility index (Phi) is 2.71. The normalized spacial score (nSPS) is 15.3. The molecule has 1 saturated heterocycles. The maximum atomic E-state index is 5.62. The average molecular weight is 227 g/mol. The van der Waals surface area contributed by atoms with E-state index in [-0.39, 0.29) is 0 Å². The molecule has 1 aromatic carbocycles. The first kappa shape index (κ1) is 10.2. The van der Waals surface area contributed by atoms with Gasteiger partial charge in [0.25, 0.3) is 0 Å². The summed E-state index contributed by atoms with van der Waals surface area (Å²) in [6, 6.07) is 9.64. The number of aromatic nitrogens is 2. The van der Waals surface area contributed by atoms with Crippen LogP contribution in [0.4, 0.5) is 0 Å². The zero-order valence-corrected chi connectivity index (χ0v) is 9.34. The fourth-order valence-electron chi connectivity index (χ4n) is 1.69. The Labute approximate surface area is 99.7 Å². The van der Waals surface area contributed by atoms with Crippen LogP contribution >= 0.6 is 0 Å². The van der Waals surface area contributed by atoms with Crippen LogP contribution < -0.4 is 10.1 Å².